The van der Waals surface area contributed by atoms with Crippen molar-refractivity contribution in [1.82, 2.24) is 15.0 Å². The Balaban J connectivity index is 1.58. The van der Waals surface area contributed by atoms with Crippen LogP contribution in [0.1, 0.15) is 17.3 Å². The normalized spacial score (nSPS) is 10.9. The van der Waals surface area contributed by atoms with Crippen molar-refractivity contribution in [2.75, 3.05) is 11.9 Å². The molecular formula is C21H16ClIN4O2. The van der Waals surface area contributed by atoms with E-state index in [0.717, 1.165) is 20.5 Å². The molecule has 0 aliphatic rings. The van der Waals surface area contributed by atoms with Gasteiger partial charge in [-0.05, 0) is 90.2 Å². The van der Waals surface area contributed by atoms with Crippen LogP contribution in [0.15, 0.2) is 60.7 Å². The number of ether oxygens (including phenoxy) is 1. The highest BCUT2D eigenvalue weighted by Gasteiger charge is 2.13. The van der Waals surface area contributed by atoms with Crippen molar-refractivity contribution in [3.05, 3.63) is 74.8 Å². The van der Waals surface area contributed by atoms with Crippen LogP contribution in [0.3, 0.4) is 0 Å². The zero-order valence-corrected chi connectivity index (χ0v) is 18.3. The lowest BCUT2D eigenvalue weighted by Gasteiger charge is -2.07. The van der Waals surface area contributed by atoms with Crippen molar-refractivity contribution < 1.29 is 9.53 Å². The van der Waals surface area contributed by atoms with Gasteiger partial charge in [-0.3, -0.25) is 4.79 Å². The molecular weight excluding hydrogens is 503 g/mol. The molecule has 4 rings (SSSR count). The van der Waals surface area contributed by atoms with Gasteiger partial charge in [0.2, 0.25) is 0 Å². The summed E-state index contributed by atoms with van der Waals surface area (Å²) in [7, 11) is 0. The average molecular weight is 519 g/mol. The Morgan fingerprint density at radius 3 is 2.59 bits per heavy atom. The molecule has 0 spiro atoms. The zero-order chi connectivity index (χ0) is 20.4. The van der Waals surface area contributed by atoms with Crippen LogP contribution in [0.2, 0.25) is 5.02 Å². The van der Waals surface area contributed by atoms with E-state index in [4.69, 9.17) is 16.3 Å². The number of carbonyl (C=O) groups is 1. The third-order valence-corrected chi connectivity index (χ3v) is 5.19. The van der Waals surface area contributed by atoms with E-state index in [1.54, 1.807) is 29.1 Å². The quantitative estimate of drug-likeness (QED) is 0.363. The number of nitrogens with one attached hydrogen (secondary N) is 1. The summed E-state index contributed by atoms with van der Waals surface area (Å²) in [5.74, 6) is 0.527. The first-order valence-corrected chi connectivity index (χ1v) is 10.4. The molecule has 6 nitrogen and oxygen atoms in total. The first kappa shape index (κ1) is 19.7. The summed E-state index contributed by atoms with van der Waals surface area (Å²) >= 11 is 8.30. The SMILES string of the molecule is CCOc1ccc(-n2nc3ccc(NC(=O)c4cc(I)ccc4Cl)cc3n2)cc1. The second kappa shape index (κ2) is 8.38. The van der Waals surface area contributed by atoms with Gasteiger partial charge < -0.3 is 10.1 Å². The van der Waals surface area contributed by atoms with Gasteiger partial charge in [0.05, 0.1) is 22.9 Å². The summed E-state index contributed by atoms with van der Waals surface area (Å²) in [6.07, 6.45) is 0. The van der Waals surface area contributed by atoms with Crippen molar-refractivity contribution >= 4 is 56.8 Å². The van der Waals surface area contributed by atoms with Crippen LogP contribution in [-0.4, -0.2) is 27.5 Å². The summed E-state index contributed by atoms with van der Waals surface area (Å²) in [6, 6.07) is 18.3. The van der Waals surface area contributed by atoms with E-state index in [9.17, 15) is 4.79 Å². The van der Waals surface area contributed by atoms with Crippen LogP contribution < -0.4 is 10.1 Å². The van der Waals surface area contributed by atoms with Gasteiger partial charge in [-0.1, -0.05) is 11.6 Å². The third-order valence-electron chi connectivity index (χ3n) is 4.19. The minimum absolute atomic E-state index is 0.272. The largest absolute Gasteiger partial charge is 0.494 e. The van der Waals surface area contributed by atoms with Gasteiger partial charge >= 0.3 is 0 Å². The Labute approximate surface area is 186 Å². The molecule has 146 valence electrons. The van der Waals surface area contributed by atoms with Crippen molar-refractivity contribution in [1.29, 1.82) is 0 Å². The number of fused-ring (bicyclic) bond motifs is 1. The Morgan fingerprint density at radius 2 is 1.83 bits per heavy atom. The highest BCUT2D eigenvalue weighted by atomic mass is 127. The number of carbonyl (C=O) groups excluding carboxylic acids is 1. The predicted molar refractivity (Wildman–Crippen MR) is 122 cm³/mol. The van der Waals surface area contributed by atoms with Gasteiger partial charge in [0, 0.05) is 9.26 Å². The number of benzene rings is 3. The van der Waals surface area contributed by atoms with E-state index in [2.05, 4.69) is 38.1 Å². The molecule has 0 aliphatic heterocycles. The summed E-state index contributed by atoms with van der Waals surface area (Å²) in [5.41, 5.74) is 3.27. The van der Waals surface area contributed by atoms with Crippen LogP contribution in [-0.2, 0) is 0 Å². The number of amides is 1. The van der Waals surface area contributed by atoms with Crippen LogP contribution in [0.4, 0.5) is 5.69 Å². The number of hydrogen-bond donors (Lipinski definition) is 1. The molecule has 0 atom stereocenters. The van der Waals surface area contributed by atoms with Gasteiger partial charge in [0.1, 0.15) is 16.8 Å². The Kier molecular flexibility index (Phi) is 5.68. The maximum Gasteiger partial charge on any atom is 0.257 e. The van der Waals surface area contributed by atoms with Crippen molar-refractivity contribution in [3.8, 4) is 11.4 Å². The molecule has 1 N–H and O–H groups in total. The average Bonchev–Trinajstić information content (AvgIpc) is 3.14. The highest BCUT2D eigenvalue weighted by Crippen LogP contribution is 2.22. The van der Waals surface area contributed by atoms with E-state index >= 15 is 0 Å². The predicted octanol–water partition coefficient (Wildman–Crippen LogP) is 5.33. The Morgan fingerprint density at radius 1 is 1.07 bits per heavy atom. The minimum atomic E-state index is -0.272. The van der Waals surface area contributed by atoms with Gasteiger partial charge in [-0.2, -0.15) is 4.80 Å². The lowest BCUT2D eigenvalue weighted by Crippen LogP contribution is -2.12. The maximum atomic E-state index is 12.6. The molecule has 8 heteroatoms. The smallest absolute Gasteiger partial charge is 0.257 e. The second-order valence-corrected chi connectivity index (χ2v) is 7.85. The lowest BCUT2D eigenvalue weighted by atomic mass is 10.2. The number of anilines is 1. The highest BCUT2D eigenvalue weighted by molar-refractivity contribution is 14.1. The number of halogens is 2. The van der Waals surface area contributed by atoms with Crippen molar-refractivity contribution in [3.63, 3.8) is 0 Å². The van der Waals surface area contributed by atoms with E-state index < -0.39 is 0 Å². The molecule has 1 amide bonds. The first-order valence-electron chi connectivity index (χ1n) is 8.90. The van der Waals surface area contributed by atoms with Crippen molar-refractivity contribution in [2.24, 2.45) is 0 Å². The minimum Gasteiger partial charge on any atom is -0.494 e. The summed E-state index contributed by atoms with van der Waals surface area (Å²) in [5, 5.41) is 12.3. The molecule has 0 saturated heterocycles. The molecule has 1 aromatic heterocycles. The summed E-state index contributed by atoms with van der Waals surface area (Å²) in [4.78, 5) is 14.1. The van der Waals surface area contributed by atoms with E-state index in [0.29, 0.717) is 28.4 Å². The van der Waals surface area contributed by atoms with Gasteiger partial charge in [-0.15, -0.1) is 10.2 Å². The van der Waals surface area contributed by atoms with E-state index in [1.165, 1.54) is 0 Å². The molecule has 0 radical (unpaired) electrons. The van der Waals surface area contributed by atoms with E-state index in [-0.39, 0.29) is 5.91 Å². The standard InChI is InChI=1S/C21H16ClIN4O2/c1-2-29-16-7-5-15(6-8-16)27-25-19-10-4-14(12-20(19)26-27)24-21(28)17-11-13(23)3-9-18(17)22/h3-12H,2H2,1H3,(H,24,28). The van der Waals surface area contributed by atoms with Crippen LogP contribution in [0.5, 0.6) is 5.75 Å². The fraction of sp³-hybridized carbons (Fsp3) is 0.0952. The number of hydrogen-bond acceptors (Lipinski definition) is 4. The summed E-state index contributed by atoms with van der Waals surface area (Å²) < 4.78 is 6.40. The second-order valence-electron chi connectivity index (χ2n) is 6.20. The van der Waals surface area contributed by atoms with E-state index in [1.807, 2.05) is 43.3 Å². The molecule has 0 saturated carbocycles. The molecule has 0 unspecified atom stereocenters. The number of aromatic nitrogens is 3. The van der Waals surface area contributed by atoms with Crippen LogP contribution >= 0.6 is 34.2 Å². The van der Waals surface area contributed by atoms with Gasteiger partial charge in [-0.25, -0.2) is 0 Å². The monoisotopic (exact) mass is 518 g/mol. The molecule has 4 aromatic rings. The van der Waals surface area contributed by atoms with Gasteiger partial charge in [0.25, 0.3) is 5.91 Å². The Hall–Kier alpha value is -2.65. The third kappa shape index (κ3) is 4.35. The molecule has 0 aliphatic carbocycles. The maximum absolute atomic E-state index is 12.6. The molecule has 1 heterocycles. The topological polar surface area (TPSA) is 69.0 Å². The van der Waals surface area contributed by atoms with Gasteiger partial charge in [0.15, 0.2) is 0 Å². The van der Waals surface area contributed by atoms with Crippen LogP contribution in [0, 0.1) is 3.57 Å². The summed E-state index contributed by atoms with van der Waals surface area (Å²) in [6.45, 7) is 2.56. The lowest BCUT2D eigenvalue weighted by molar-refractivity contribution is 0.102. The molecule has 0 bridgehead atoms. The first-order chi connectivity index (χ1) is 14.0. The zero-order valence-electron chi connectivity index (χ0n) is 15.4. The fourth-order valence-corrected chi connectivity index (χ4v) is 3.51. The number of rotatable bonds is 5. The van der Waals surface area contributed by atoms with Crippen LogP contribution in [0.25, 0.3) is 16.7 Å². The molecule has 0 fully saturated rings. The molecule has 3 aromatic carbocycles. The molecule has 29 heavy (non-hydrogen) atoms. The Bertz CT molecular complexity index is 1190. The van der Waals surface area contributed by atoms with Crippen molar-refractivity contribution in [2.45, 2.75) is 6.92 Å². The fourth-order valence-electron chi connectivity index (χ4n) is 2.82. The number of nitrogens with zero attached hydrogens (tertiary/aromatic N) is 3.